The van der Waals surface area contributed by atoms with Gasteiger partial charge in [-0.3, -0.25) is 4.90 Å². The Morgan fingerprint density at radius 1 is 1.41 bits per heavy atom. The number of rotatable bonds is 8. The summed E-state index contributed by atoms with van der Waals surface area (Å²) in [7, 11) is 1.36. The van der Waals surface area contributed by atoms with Crippen LogP contribution in [0.3, 0.4) is 0 Å². The first kappa shape index (κ1) is 25.7. The third-order valence-electron chi connectivity index (χ3n) is 4.45. The number of nitrogens with zero attached hydrogens (tertiary/aromatic N) is 2. The fourth-order valence-electron chi connectivity index (χ4n) is 3.23. The molecule has 2 rings (SSSR count). The van der Waals surface area contributed by atoms with Crippen LogP contribution in [-0.2, 0) is 16.0 Å². The molecule has 1 aliphatic heterocycles. The summed E-state index contributed by atoms with van der Waals surface area (Å²) < 4.78 is 16.3. The van der Waals surface area contributed by atoms with Crippen LogP contribution in [0.25, 0.3) is 0 Å². The highest BCUT2D eigenvalue weighted by Gasteiger charge is 2.21. The first-order valence-electron chi connectivity index (χ1n) is 9.96. The van der Waals surface area contributed by atoms with E-state index in [1.165, 1.54) is 7.11 Å². The highest BCUT2D eigenvalue weighted by Crippen LogP contribution is 2.16. The SMILES string of the molecule is CCNC(=NCc1cc(C(=O)OC)c(C)o1)NCC1CN(CC(C)C)CCO1.I. The van der Waals surface area contributed by atoms with E-state index in [1.807, 2.05) is 6.92 Å². The molecule has 0 bridgehead atoms. The lowest BCUT2D eigenvalue weighted by Gasteiger charge is -2.34. The van der Waals surface area contributed by atoms with Crippen molar-refractivity contribution in [1.82, 2.24) is 15.5 Å². The van der Waals surface area contributed by atoms with E-state index in [0.717, 1.165) is 32.8 Å². The summed E-state index contributed by atoms with van der Waals surface area (Å²) in [5.41, 5.74) is 0.437. The number of aliphatic imine (C=N–C) groups is 1. The molecule has 1 saturated heterocycles. The number of guanidine groups is 1. The van der Waals surface area contributed by atoms with Gasteiger partial charge in [-0.2, -0.15) is 0 Å². The second-order valence-electron chi connectivity index (χ2n) is 7.40. The lowest BCUT2D eigenvalue weighted by atomic mass is 10.2. The maximum atomic E-state index is 11.7. The number of morpholine rings is 1. The number of carbonyl (C=O) groups excluding carboxylic acids is 1. The Morgan fingerprint density at radius 3 is 2.83 bits per heavy atom. The molecular formula is C20H35IN4O4. The molecule has 1 aliphatic rings. The van der Waals surface area contributed by atoms with E-state index in [9.17, 15) is 4.79 Å². The second-order valence-corrected chi connectivity index (χ2v) is 7.40. The molecule has 8 nitrogen and oxygen atoms in total. The van der Waals surface area contributed by atoms with Crippen molar-refractivity contribution in [3.05, 3.63) is 23.2 Å². The van der Waals surface area contributed by atoms with Crippen molar-refractivity contribution >= 4 is 35.9 Å². The van der Waals surface area contributed by atoms with Crippen LogP contribution >= 0.6 is 24.0 Å². The van der Waals surface area contributed by atoms with Crippen LogP contribution in [0.4, 0.5) is 0 Å². The van der Waals surface area contributed by atoms with Gasteiger partial charge >= 0.3 is 5.97 Å². The molecule has 0 saturated carbocycles. The number of nitrogens with one attached hydrogen (secondary N) is 2. The minimum absolute atomic E-state index is 0. The molecule has 1 unspecified atom stereocenters. The summed E-state index contributed by atoms with van der Waals surface area (Å²) in [6, 6.07) is 1.68. The molecule has 2 N–H and O–H groups in total. The van der Waals surface area contributed by atoms with Gasteiger partial charge in [-0.15, -0.1) is 24.0 Å². The zero-order valence-corrected chi connectivity index (χ0v) is 20.4. The van der Waals surface area contributed by atoms with Gasteiger partial charge in [0.05, 0.1) is 19.8 Å². The van der Waals surface area contributed by atoms with Crippen LogP contribution in [0.5, 0.6) is 0 Å². The van der Waals surface area contributed by atoms with Gasteiger partial charge in [0.1, 0.15) is 23.6 Å². The molecule has 0 radical (unpaired) electrons. The van der Waals surface area contributed by atoms with Crippen LogP contribution in [0.15, 0.2) is 15.5 Å². The molecule has 9 heteroatoms. The van der Waals surface area contributed by atoms with Gasteiger partial charge in [-0.25, -0.2) is 9.79 Å². The number of carbonyl (C=O) groups is 1. The summed E-state index contributed by atoms with van der Waals surface area (Å²) in [5.74, 6) is 2.10. The number of hydrogen-bond acceptors (Lipinski definition) is 6. The zero-order chi connectivity index (χ0) is 20.5. The summed E-state index contributed by atoms with van der Waals surface area (Å²) >= 11 is 0. The fraction of sp³-hybridized carbons (Fsp3) is 0.700. The van der Waals surface area contributed by atoms with Crippen molar-refractivity contribution in [2.75, 3.05) is 46.4 Å². The monoisotopic (exact) mass is 522 g/mol. The van der Waals surface area contributed by atoms with Gasteiger partial charge in [0.2, 0.25) is 0 Å². The highest BCUT2D eigenvalue weighted by atomic mass is 127. The average Bonchev–Trinajstić information content (AvgIpc) is 3.04. The predicted octanol–water partition coefficient (Wildman–Crippen LogP) is 2.40. The predicted molar refractivity (Wildman–Crippen MR) is 124 cm³/mol. The van der Waals surface area contributed by atoms with E-state index < -0.39 is 5.97 Å². The van der Waals surface area contributed by atoms with Gasteiger partial charge < -0.3 is 24.5 Å². The molecule has 0 aromatic carbocycles. The van der Waals surface area contributed by atoms with Crippen LogP contribution in [0, 0.1) is 12.8 Å². The van der Waals surface area contributed by atoms with E-state index in [2.05, 4.69) is 34.4 Å². The van der Waals surface area contributed by atoms with Crippen LogP contribution in [0.2, 0.25) is 0 Å². The van der Waals surface area contributed by atoms with Crippen molar-refractivity contribution in [2.24, 2.45) is 10.9 Å². The summed E-state index contributed by atoms with van der Waals surface area (Å²) in [6.45, 7) is 13.8. The quantitative estimate of drug-likeness (QED) is 0.235. The first-order chi connectivity index (χ1) is 13.4. The van der Waals surface area contributed by atoms with E-state index in [4.69, 9.17) is 13.9 Å². The fourth-order valence-corrected chi connectivity index (χ4v) is 3.23. The van der Waals surface area contributed by atoms with Crippen molar-refractivity contribution in [1.29, 1.82) is 0 Å². The summed E-state index contributed by atoms with van der Waals surface area (Å²) in [6.07, 6.45) is 0.133. The standard InChI is InChI=1S/C20H34N4O4.HI/c1-6-21-20(22-10-16-9-18(15(4)28-16)19(25)26-5)23-11-17-13-24(7-8-27-17)12-14(2)3;/h9,14,17H,6-8,10-13H2,1-5H3,(H2,21,22,23);1H. The average molecular weight is 522 g/mol. The Bertz CT molecular complexity index is 663. The minimum atomic E-state index is -0.401. The molecule has 1 aromatic heterocycles. The normalized spacial score (nSPS) is 17.7. The molecule has 0 aliphatic carbocycles. The van der Waals surface area contributed by atoms with Crippen LogP contribution in [0.1, 0.15) is 42.6 Å². The number of methoxy groups -OCH3 is 1. The molecular weight excluding hydrogens is 487 g/mol. The van der Waals surface area contributed by atoms with Gasteiger partial charge in [0.25, 0.3) is 0 Å². The van der Waals surface area contributed by atoms with Gasteiger partial charge in [0.15, 0.2) is 5.96 Å². The number of esters is 1. The molecule has 166 valence electrons. The molecule has 1 fully saturated rings. The molecule has 29 heavy (non-hydrogen) atoms. The van der Waals surface area contributed by atoms with Crippen LogP contribution < -0.4 is 10.6 Å². The third-order valence-corrected chi connectivity index (χ3v) is 4.45. The summed E-state index contributed by atoms with van der Waals surface area (Å²) in [5, 5.41) is 6.57. The van der Waals surface area contributed by atoms with Crippen LogP contribution in [-0.4, -0.2) is 69.4 Å². The van der Waals surface area contributed by atoms with Gasteiger partial charge in [-0.05, 0) is 25.8 Å². The maximum Gasteiger partial charge on any atom is 0.341 e. The topological polar surface area (TPSA) is 88.3 Å². The molecule has 1 aromatic rings. The number of furan rings is 1. The molecule has 1 atom stereocenters. The first-order valence-corrected chi connectivity index (χ1v) is 9.96. The Morgan fingerprint density at radius 2 is 2.17 bits per heavy atom. The number of hydrogen-bond donors (Lipinski definition) is 2. The Balaban J connectivity index is 0.00000420. The van der Waals surface area contributed by atoms with Crippen molar-refractivity contribution in [2.45, 2.75) is 40.3 Å². The zero-order valence-electron chi connectivity index (χ0n) is 18.1. The van der Waals surface area contributed by atoms with E-state index >= 15 is 0 Å². The molecule has 0 spiro atoms. The maximum absolute atomic E-state index is 11.7. The lowest BCUT2D eigenvalue weighted by Crippen LogP contribution is -2.50. The Labute approximate surface area is 190 Å². The number of halogens is 1. The van der Waals surface area contributed by atoms with Crippen molar-refractivity contribution in [3.8, 4) is 0 Å². The van der Waals surface area contributed by atoms with Gasteiger partial charge in [0, 0.05) is 32.7 Å². The smallest absolute Gasteiger partial charge is 0.341 e. The summed E-state index contributed by atoms with van der Waals surface area (Å²) in [4.78, 5) is 18.7. The lowest BCUT2D eigenvalue weighted by molar-refractivity contribution is -0.0284. The number of aryl methyl sites for hydroxylation is 1. The van der Waals surface area contributed by atoms with E-state index in [0.29, 0.717) is 42.1 Å². The Hall–Kier alpha value is -1.33. The van der Waals surface area contributed by atoms with E-state index in [1.54, 1.807) is 13.0 Å². The Kier molecular flexibility index (Phi) is 11.6. The third kappa shape index (κ3) is 8.51. The van der Waals surface area contributed by atoms with E-state index in [-0.39, 0.29) is 30.1 Å². The largest absolute Gasteiger partial charge is 0.465 e. The molecule has 2 heterocycles. The highest BCUT2D eigenvalue weighted by molar-refractivity contribution is 14.0. The van der Waals surface area contributed by atoms with Crippen molar-refractivity contribution in [3.63, 3.8) is 0 Å². The van der Waals surface area contributed by atoms with Gasteiger partial charge in [-0.1, -0.05) is 13.8 Å². The molecule has 0 amide bonds. The minimum Gasteiger partial charge on any atom is -0.465 e. The van der Waals surface area contributed by atoms with Crippen molar-refractivity contribution < 1.29 is 18.7 Å². The second kappa shape index (κ2) is 13.1. The number of ether oxygens (including phenoxy) is 2.